The summed E-state index contributed by atoms with van der Waals surface area (Å²) in [6, 6.07) is 0.368. The van der Waals surface area contributed by atoms with Gasteiger partial charge in [-0.25, -0.2) is 9.97 Å². The minimum atomic E-state index is 0.368. The lowest BCUT2D eigenvalue weighted by atomic mass is 10.0. The molecule has 0 aliphatic rings. The quantitative estimate of drug-likeness (QED) is 0.757. The zero-order valence-electron chi connectivity index (χ0n) is 12.7. The Morgan fingerprint density at radius 3 is 2.42 bits per heavy atom. The predicted octanol–water partition coefficient (Wildman–Crippen LogP) is 3.15. The molecule has 0 amide bonds. The van der Waals surface area contributed by atoms with E-state index in [0.717, 1.165) is 18.2 Å². The Kier molecular flexibility index (Phi) is 6.39. The molecule has 1 atom stereocenters. The lowest BCUT2D eigenvalue weighted by molar-refractivity contribution is 0.414. The molecular weight excluding hydrogens is 240 g/mol. The molecule has 0 spiro atoms. The van der Waals surface area contributed by atoms with E-state index < -0.39 is 0 Å². The second-order valence-corrected chi connectivity index (χ2v) is 5.22. The third-order valence-electron chi connectivity index (χ3n) is 3.05. The smallest absolute Gasteiger partial charge is 0.204 e. The van der Waals surface area contributed by atoms with E-state index >= 15 is 0 Å². The normalized spacial score (nSPS) is 12.3. The van der Waals surface area contributed by atoms with Gasteiger partial charge in [-0.2, -0.15) is 0 Å². The van der Waals surface area contributed by atoms with Crippen molar-refractivity contribution in [1.29, 1.82) is 0 Å². The maximum atomic E-state index is 5.36. The average Bonchev–Trinajstić information content (AvgIpc) is 2.37. The van der Waals surface area contributed by atoms with Crippen molar-refractivity contribution >= 4 is 11.6 Å². The predicted molar refractivity (Wildman–Crippen MR) is 79.9 cm³/mol. The lowest BCUT2D eigenvalue weighted by Crippen LogP contribution is -2.17. The average molecular weight is 266 g/mol. The minimum Gasteiger partial charge on any atom is -0.490 e. The van der Waals surface area contributed by atoms with Crippen molar-refractivity contribution in [2.24, 2.45) is 5.92 Å². The maximum Gasteiger partial charge on any atom is 0.204 e. The van der Waals surface area contributed by atoms with Gasteiger partial charge in [-0.3, -0.25) is 0 Å². The number of hydrogen-bond acceptors (Lipinski definition) is 5. The van der Waals surface area contributed by atoms with Gasteiger partial charge in [-0.1, -0.05) is 26.7 Å². The number of anilines is 2. The number of ether oxygens (including phenoxy) is 1. The van der Waals surface area contributed by atoms with E-state index in [-0.39, 0.29) is 0 Å². The highest BCUT2D eigenvalue weighted by molar-refractivity contribution is 5.63. The van der Waals surface area contributed by atoms with Crippen molar-refractivity contribution in [2.45, 2.75) is 46.1 Å². The Morgan fingerprint density at radius 1 is 1.16 bits per heavy atom. The van der Waals surface area contributed by atoms with Gasteiger partial charge in [0.15, 0.2) is 11.6 Å². The second kappa shape index (κ2) is 7.81. The molecule has 1 rings (SSSR count). The molecule has 0 aromatic carbocycles. The summed E-state index contributed by atoms with van der Waals surface area (Å²) in [5, 5.41) is 6.40. The first kappa shape index (κ1) is 15.5. The highest BCUT2D eigenvalue weighted by atomic mass is 16.5. The summed E-state index contributed by atoms with van der Waals surface area (Å²) < 4.78 is 5.36. The molecule has 5 nitrogen and oxygen atoms in total. The number of nitrogens with zero attached hydrogens (tertiary/aromatic N) is 2. The maximum absolute atomic E-state index is 5.36. The molecule has 108 valence electrons. The minimum absolute atomic E-state index is 0.368. The van der Waals surface area contributed by atoms with Gasteiger partial charge in [0.1, 0.15) is 6.33 Å². The zero-order valence-corrected chi connectivity index (χ0v) is 12.7. The fourth-order valence-electron chi connectivity index (χ4n) is 1.99. The van der Waals surface area contributed by atoms with Crippen molar-refractivity contribution in [3.05, 3.63) is 6.33 Å². The summed E-state index contributed by atoms with van der Waals surface area (Å²) in [5.74, 6) is 2.88. The molecule has 19 heavy (non-hydrogen) atoms. The Bertz CT molecular complexity index is 382. The third-order valence-corrected chi connectivity index (χ3v) is 3.05. The second-order valence-electron chi connectivity index (χ2n) is 5.22. The van der Waals surface area contributed by atoms with Crippen molar-refractivity contribution in [3.8, 4) is 5.75 Å². The van der Waals surface area contributed by atoms with E-state index in [1.807, 2.05) is 7.05 Å². The fraction of sp³-hybridized carbons (Fsp3) is 0.714. The molecule has 0 fully saturated rings. The summed E-state index contributed by atoms with van der Waals surface area (Å²) in [5.41, 5.74) is 0. The number of nitrogens with one attached hydrogen (secondary N) is 2. The molecule has 0 radical (unpaired) electrons. The van der Waals surface area contributed by atoms with Crippen LogP contribution in [0, 0.1) is 5.92 Å². The molecule has 2 N–H and O–H groups in total. The van der Waals surface area contributed by atoms with Crippen LogP contribution >= 0.6 is 0 Å². The number of methoxy groups -OCH3 is 1. The van der Waals surface area contributed by atoms with Crippen LogP contribution in [-0.2, 0) is 0 Å². The highest BCUT2D eigenvalue weighted by Crippen LogP contribution is 2.29. The first-order valence-corrected chi connectivity index (χ1v) is 6.91. The van der Waals surface area contributed by atoms with Crippen LogP contribution in [0.1, 0.15) is 40.0 Å². The van der Waals surface area contributed by atoms with Crippen LogP contribution in [0.2, 0.25) is 0 Å². The van der Waals surface area contributed by atoms with Gasteiger partial charge in [0.05, 0.1) is 7.11 Å². The summed E-state index contributed by atoms with van der Waals surface area (Å²) in [6.45, 7) is 6.68. The highest BCUT2D eigenvalue weighted by Gasteiger charge is 2.13. The van der Waals surface area contributed by atoms with Crippen LogP contribution < -0.4 is 15.4 Å². The largest absolute Gasteiger partial charge is 0.490 e. The van der Waals surface area contributed by atoms with E-state index in [4.69, 9.17) is 4.74 Å². The Balaban J connectivity index is 2.60. The number of aromatic nitrogens is 2. The zero-order chi connectivity index (χ0) is 14.3. The van der Waals surface area contributed by atoms with Crippen LogP contribution in [0.5, 0.6) is 5.75 Å². The number of rotatable bonds is 8. The first-order valence-electron chi connectivity index (χ1n) is 6.91. The van der Waals surface area contributed by atoms with Crippen LogP contribution in [-0.4, -0.2) is 30.2 Å². The lowest BCUT2D eigenvalue weighted by Gasteiger charge is -2.18. The fourth-order valence-corrected chi connectivity index (χ4v) is 1.99. The number of hydrogen-bond donors (Lipinski definition) is 2. The third kappa shape index (κ3) is 4.93. The van der Waals surface area contributed by atoms with Crippen LogP contribution in [0.25, 0.3) is 0 Å². The van der Waals surface area contributed by atoms with Crippen LogP contribution in [0.4, 0.5) is 11.6 Å². The molecule has 1 unspecified atom stereocenters. The van der Waals surface area contributed by atoms with Crippen molar-refractivity contribution < 1.29 is 4.74 Å². The van der Waals surface area contributed by atoms with E-state index in [9.17, 15) is 0 Å². The summed E-state index contributed by atoms with van der Waals surface area (Å²) in [6.07, 6.45) is 5.14. The molecule has 0 aliphatic heterocycles. The first-order chi connectivity index (χ1) is 9.08. The van der Waals surface area contributed by atoms with Gasteiger partial charge in [-0.05, 0) is 19.3 Å². The SMILES string of the molecule is CNc1ncnc(NC(C)CCCC(C)C)c1OC. The molecule has 0 saturated carbocycles. The van der Waals surface area contributed by atoms with Gasteiger partial charge in [0.2, 0.25) is 5.75 Å². The molecule has 1 heterocycles. The Morgan fingerprint density at radius 2 is 1.84 bits per heavy atom. The van der Waals surface area contributed by atoms with Crippen molar-refractivity contribution in [2.75, 3.05) is 24.8 Å². The topological polar surface area (TPSA) is 59.1 Å². The molecule has 0 aliphatic carbocycles. The molecule has 0 bridgehead atoms. The van der Waals surface area contributed by atoms with Crippen LogP contribution in [0.3, 0.4) is 0 Å². The van der Waals surface area contributed by atoms with E-state index in [1.165, 1.54) is 19.2 Å². The Labute approximate surface area is 116 Å². The van der Waals surface area contributed by atoms with E-state index in [1.54, 1.807) is 7.11 Å². The monoisotopic (exact) mass is 266 g/mol. The summed E-state index contributed by atoms with van der Waals surface area (Å²) >= 11 is 0. The van der Waals surface area contributed by atoms with Gasteiger partial charge in [0.25, 0.3) is 0 Å². The van der Waals surface area contributed by atoms with E-state index in [0.29, 0.717) is 17.6 Å². The molecule has 1 aromatic heterocycles. The van der Waals surface area contributed by atoms with Gasteiger partial charge in [-0.15, -0.1) is 0 Å². The van der Waals surface area contributed by atoms with Gasteiger partial charge in [0, 0.05) is 13.1 Å². The molecular formula is C14H26N4O. The van der Waals surface area contributed by atoms with Gasteiger partial charge < -0.3 is 15.4 Å². The standard InChI is InChI=1S/C14H26N4O/c1-10(2)7-6-8-11(3)18-14-12(19-5)13(15-4)16-9-17-14/h9-11H,6-8H2,1-5H3,(H2,15,16,17,18). The Hall–Kier alpha value is -1.52. The van der Waals surface area contributed by atoms with Gasteiger partial charge >= 0.3 is 0 Å². The molecule has 0 saturated heterocycles. The molecule has 1 aromatic rings. The molecule has 5 heteroatoms. The van der Waals surface area contributed by atoms with Crippen LogP contribution in [0.15, 0.2) is 6.33 Å². The van der Waals surface area contributed by atoms with Crippen molar-refractivity contribution in [1.82, 2.24) is 9.97 Å². The summed E-state index contributed by atoms with van der Waals surface area (Å²) in [4.78, 5) is 8.39. The van der Waals surface area contributed by atoms with Crippen molar-refractivity contribution in [3.63, 3.8) is 0 Å². The van der Waals surface area contributed by atoms with E-state index in [2.05, 4.69) is 41.4 Å². The summed E-state index contributed by atoms with van der Waals surface area (Å²) in [7, 11) is 3.45.